The van der Waals surface area contributed by atoms with Gasteiger partial charge in [0.25, 0.3) is 0 Å². The maximum atomic E-state index is 9.95. The van der Waals surface area contributed by atoms with Crippen molar-refractivity contribution in [3.63, 3.8) is 0 Å². The Morgan fingerprint density at radius 3 is 2.62 bits per heavy atom. The highest BCUT2D eigenvalue weighted by Gasteiger charge is 2.45. The SMILES string of the molecule is COc1cc(NPI)c(C(=N)c2cnc(N3CC4(CCCN4)C3)c(C#N)c2)cc1O[C@H](C)c1c(Cl)cncc1Cl. The van der Waals surface area contributed by atoms with Crippen LogP contribution in [-0.4, -0.2) is 48.0 Å². The summed E-state index contributed by atoms with van der Waals surface area (Å²) in [5.74, 6) is 1.56. The second-order valence-electron chi connectivity index (χ2n) is 9.79. The number of ether oxygens (including phenoxy) is 2. The summed E-state index contributed by atoms with van der Waals surface area (Å²) in [5, 5.41) is 26.8. The Labute approximate surface area is 257 Å². The Hall–Kier alpha value is -2.42. The van der Waals surface area contributed by atoms with Gasteiger partial charge in [0.2, 0.25) is 0 Å². The molecule has 9 nitrogen and oxygen atoms in total. The van der Waals surface area contributed by atoms with Crippen molar-refractivity contribution in [3.05, 3.63) is 69.1 Å². The van der Waals surface area contributed by atoms with Crippen molar-refractivity contribution in [1.29, 1.82) is 10.7 Å². The molecule has 1 unspecified atom stereocenters. The number of methoxy groups -OCH3 is 1. The maximum Gasteiger partial charge on any atom is 0.162 e. The summed E-state index contributed by atoms with van der Waals surface area (Å²) in [4.78, 5) is 10.8. The summed E-state index contributed by atoms with van der Waals surface area (Å²) in [5.41, 5.74) is 3.20. The van der Waals surface area contributed by atoms with E-state index in [2.05, 4.69) is 53.4 Å². The molecule has 4 heterocycles. The zero-order valence-corrected chi connectivity index (χ0v) is 26.5. The molecule has 2 atom stereocenters. The topological polar surface area (TPSA) is 119 Å². The van der Waals surface area contributed by atoms with Crippen LogP contribution in [0.5, 0.6) is 11.5 Å². The molecule has 2 aromatic heterocycles. The maximum absolute atomic E-state index is 9.95. The highest BCUT2D eigenvalue weighted by Crippen LogP contribution is 2.41. The molecule has 2 saturated heterocycles. The van der Waals surface area contributed by atoms with Gasteiger partial charge in [-0.15, -0.1) is 0 Å². The predicted molar refractivity (Wildman–Crippen MR) is 169 cm³/mol. The largest absolute Gasteiger partial charge is 0.493 e. The fourth-order valence-electron chi connectivity index (χ4n) is 5.29. The van der Waals surface area contributed by atoms with Gasteiger partial charge in [0.15, 0.2) is 11.5 Å². The third kappa shape index (κ3) is 5.68. The average molecular weight is 710 g/mol. The lowest BCUT2D eigenvalue weighted by Crippen LogP contribution is -2.67. The van der Waals surface area contributed by atoms with Crippen molar-refractivity contribution in [3.8, 4) is 17.6 Å². The Bertz CT molecular complexity index is 1470. The first-order chi connectivity index (χ1) is 19.3. The highest BCUT2D eigenvalue weighted by atomic mass is 127. The van der Waals surface area contributed by atoms with Gasteiger partial charge in [-0.1, -0.05) is 23.2 Å². The number of nitriles is 1. The molecule has 0 amide bonds. The summed E-state index contributed by atoms with van der Waals surface area (Å²) < 4.78 is 11.9. The number of nitrogens with one attached hydrogen (secondary N) is 3. The Morgan fingerprint density at radius 1 is 1.25 bits per heavy atom. The first-order valence-corrected chi connectivity index (χ1v) is 17.4. The minimum atomic E-state index is -0.524. The monoisotopic (exact) mass is 709 g/mol. The number of anilines is 2. The standard InChI is InChI=1S/C27H27Cl2IN7O2P/c1-15(24-19(28)11-33-12-20(24)29)39-23-7-18(21(36-40-30)8-22(23)38-2)25(32)17-6-16(9-31)26(34-10-17)37-13-27(14-37)4-3-5-35-27/h6-8,10-12,15,32,35-36,40H,3-5,13-14H2,1-2H3/t15-/m1/s1. The fourth-order valence-corrected chi connectivity index (χ4v) is 7.14. The van der Waals surface area contributed by atoms with E-state index in [0.717, 1.165) is 26.1 Å². The van der Waals surface area contributed by atoms with Gasteiger partial charge in [-0.3, -0.25) is 10.4 Å². The number of benzene rings is 1. The fraction of sp³-hybridized carbons (Fsp3) is 0.333. The van der Waals surface area contributed by atoms with Gasteiger partial charge in [-0.25, -0.2) is 4.98 Å². The molecule has 1 spiro atoms. The zero-order chi connectivity index (χ0) is 28.4. The van der Waals surface area contributed by atoms with Crippen molar-refractivity contribution in [1.82, 2.24) is 15.3 Å². The minimum Gasteiger partial charge on any atom is -0.493 e. The number of hydrogen-bond acceptors (Lipinski definition) is 9. The average Bonchev–Trinajstić information content (AvgIpc) is 3.43. The molecule has 5 rings (SSSR count). The molecule has 3 aromatic rings. The third-order valence-corrected chi connectivity index (χ3v) is 9.03. The van der Waals surface area contributed by atoms with Gasteiger partial charge in [-0.2, -0.15) is 5.26 Å². The number of rotatable bonds is 9. The molecule has 2 aliphatic rings. The smallest absolute Gasteiger partial charge is 0.162 e. The van der Waals surface area contributed by atoms with E-state index in [4.69, 9.17) is 38.1 Å². The van der Waals surface area contributed by atoms with Crippen molar-refractivity contribution < 1.29 is 9.47 Å². The van der Waals surface area contributed by atoms with Gasteiger partial charge in [0.05, 0.1) is 39.7 Å². The molecule has 3 N–H and O–H groups in total. The summed E-state index contributed by atoms with van der Waals surface area (Å²) in [6.45, 7) is 4.53. The molecule has 0 bridgehead atoms. The van der Waals surface area contributed by atoms with Gasteiger partial charge in [0.1, 0.15) is 18.0 Å². The van der Waals surface area contributed by atoms with Crippen LogP contribution < -0.4 is 24.8 Å². The van der Waals surface area contributed by atoms with Crippen molar-refractivity contribution in [2.24, 2.45) is 0 Å². The van der Waals surface area contributed by atoms with Crippen LogP contribution in [-0.2, 0) is 0 Å². The van der Waals surface area contributed by atoms with Crippen LogP contribution in [0.25, 0.3) is 0 Å². The van der Waals surface area contributed by atoms with E-state index in [-0.39, 0.29) is 11.3 Å². The number of halogens is 3. The van der Waals surface area contributed by atoms with Gasteiger partial charge in [0, 0.05) is 60.8 Å². The normalized spacial score (nSPS) is 16.6. The lowest BCUT2D eigenvalue weighted by atomic mass is 9.88. The van der Waals surface area contributed by atoms with E-state index in [1.54, 1.807) is 31.5 Å². The van der Waals surface area contributed by atoms with Gasteiger partial charge < -0.3 is 24.8 Å². The first kappa shape index (κ1) is 29.1. The van der Waals surface area contributed by atoms with Crippen molar-refractivity contribution in [2.45, 2.75) is 31.4 Å². The van der Waals surface area contributed by atoms with Crippen LogP contribution in [0.15, 0.2) is 36.8 Å². The van der Waals surface area contributed by atoms with Crippen LogP contribution in [0, 0.1) is 16.7 Å². The van der Waals surface area contributed by atoms with E-state index < -0.39 is 6.10 Å². The first-order valence-electron chi connectivity index (χ1n) is 12.6. The lowest BCUT2D eigenvalue weighted by Gasteiger charge is -2.49. The molecule has 0 radical (unpaired) electrons. The summed E-state index contributed by atoms with van der Waals surface area (Å²) in [6.07, 6.45) is 6.83. The molecule has 2 fully saturated rings. The number of aromatic nitrogens is 2. The van der Waals surface area contributed by atoms with Crippen LogP contribution in [0.2, 0.25) is 10.0 Å². The molecule has 13 heteroatoms. The summed E-state index contributed by atoms with van der Waals surface area (Å²) in [6, 6.07) is 7.57. The molecule has 2 aliphatic heterocycles. The van der Waals surface area contributed by atoms with E-state index in [0.29, 0.717) is 61.7 Å². The zero-order valence-electron chi connectivity index (χ0n) is 21.8. The van der Waals surface area contributed by atoms with Gasteiger partial charge in [-0.05, 0) is 60.5 Å². The molecule has 40 heavy (non-hydrogen) atoms. The number of hydrogen-bond donors (Lipinski definition) is 3. The van der Waals surface area contributed by atoms with Crippen molar-refractivity contribution in [2.75, 3.05) is 36.7 Å². The van der Waals surface area contributed by atoms with E-state index >= 15 is 0 Å². The van der Waals surface area contributed by atoms with E-state index in [9.17, 15) is 5.26 Å². The summed E-state index contributed by atoms with van der Waals surface area (Å²) in [7, 11) is 1.56. The van der Waals surface area contributed by atoms with E-state index in [1.807, 2.05) is 6.92 Å². The van der Waals surface area contributed by atoms with E-state index in [1.165, 1.54) is 18.8 Å². The highest BCUT2D eigenvalue weighted by molar-refractivity contribution is 14.2. The Kier molecular flexibility index (Phi) is 8.88. The number of pyridine rings is 2. The Balaban J connectivity index is 1.46. The van der Waals surface area contributed by atoms with Crippen LogP contribution >= 0.6 is 51.6 Å². The molecular formula is C27H27Cl2IN7O2P. The number of nitrogens with zero attached hydrogens (tertiary/aromatic N) is 4. The van der Waals surface area contributed by atoms with Gasteiger partial charge >= 0.3 is 0 Å². The second-order valence-corrected chi connectivity index (χ2v) is 12.7. The molecule has 1 aromatic carbocycles. The third-order valence-electron chi connectivity index (χ3n) is 7.25. The minimum absolute atomic E-state index is 0.141. The molecule has 0 saturated carbocycles. The van der Waals surface area contributed by atoms with Crippen LogP contribution in [0.3, 0.4) is 0 Å². The Morgan fingerprint density at radius 2 is 2.00 bits per heavy atom. The predicted octanol–water partition coefficient (Wildman–Crippen LogP) is 6.52. The van der Waals surface area contributed by atoms with Crippen LogP contribution in [0.4, 0.5) is 11.5 Å². The quantitative estimate of drug-likeness (QED) is 0.131. The molecule has 0 aliphatic carbocycles. The van der Waals surface area contributed by atoms with Crippen molar-refractivity contribution >= 4 is 68.8 Å². The lowest BCUT2D eigenvalue weighted by molar-refractivity contribution is 0.216. The van der Waals surface area contributed by atoms with Crippen LogP contribution in [0.1, 0.15) is 48.1 Å². The molecular weight excluding hydrogens is 683 g/mol. The molecule has 208 valence electrons. The summed E-state index contributed by atoms with van der Waals surface area (Å²) >= 11 is 15.0. The second kappa shape index (κ2) is 12.2.